The number of hydrogen-bond donors (Lipinski definition) is 5. The molecule has 3 aromatic rings. The summed E-state index contributed by atoms with van der Waals surface area (Å²) in [7, 11) is 0. The van der Waals surface area contributed by atoms with Gasteiger partial charge in [-0.25, -0.2) is 0 Å². The third kappa shape index (κ3) is 3.02. The van der Waals surface area contributed by atoms with Gasteiger partial charge in [0.25, 0.3) is 5.91 Å². The van der Waals surface area contributed by atoms with E-state index < -0.39 is 57.9 Å². The lowest BCUT2D eigenvalue weighted by Gasteiger charge is -2.48. The van der Waals surface area contributed by atoms with Gasteiger partial charge >= 0.3 is 0 Å². The molecule has 6 N–H and O–H groups in total. The maximum atomic E-state index is 14.0. The van der Waals surface area contributed by atoms with Gasteiger partial charge in [0.15, 0.2) is 17.1 Å². The lowest BCUT2D eigenvalue weighted by Crippen LogP contribution is -2.57. The molecule has 9 nitrogen and oxygen atoms in total. The molecule has 0 aliphatic heterocycles. The molecule has 3 aliphatic carbocycles. The maximum absolute atomic E-state index is 14.0. The molecule has 0 spiro atoms. The SMILES string of the molecule is Cc1ccc([C@H]2c3cc4cccnc4c(O)c3C(=O)C3=C(O)[C@]4(O)C(=O)C(C(N)=O)=C(O)C[C@@H]4CC32)cc1. The highest BCUT2D eigenvalue weighted by Crippen LogP contribution is 2.57. The van der Waals surface area contributed by atoms with E-state index in [9.17, 15) is 34.8 Å². The number of rotatable bonds is 2. The molecule has 3 aliphatic rings. The van der Waals surface area contributed by atoms with Gasteiger partial charge in [-0.1, -0.05) is 35.9 Å². The number of nitrogens with zero attached hydrogens (tertiary/aromatic N) is 1. The molecule has 192 valence electrons. The fourth-order valence-corrected chi connectivity index (χ4v) is 6.43. The number of benzene rings is 2. The molecule has 0 radical (unpaired) electrons. The Labute approximate surface area is 216 Å². The number of aliphatic hydroxyl groups is 3. The van der Waals surface area contributed by atoms with E-state index in [-0.39, 0.29) is 35.2 Å². The molecule has 4 atom stereocenters. The van der Waals surface area contributed by atoms with Gasteiger partial charge in [-0.2, -0.15) is 0 Å². The summed E-state index contributed by atoms with van der Waals surface area (Å²) in [5.41, 5.74) is 4.11. The second-order valence-corrected chi connectivity index (χ2v) is 10.3. The van der Waals surface area contributed by atoms with Crippen LogP contribution in [-0.2, 0) is 9.59 Å². The second kappa shape index (κ2) is 8.00. The number of Topliss-reactive ketones (excluding diaryl/α,β-unsaturated/α-hetero) is 2. The van der Waals surface area contributed by atoms with E-state index in [1.54, 1.807) is 18.2 Å². The number of pyridine rings is 1. The molecule has 1 unspecified atom stereocenters. The standard InChI is InChI=1S/C29H24N2O7/c1-12-4-6-13(7-5-12)19-16-9-14-3-2-8-31-23(14)25(34)20(16)24(33)21-17(19)10-15-11-18(32)22(28(30)37)27(36)29(15,38)26(21)35/h2-9,15,17,19,32,34-35,38H,10-11H2,1H3,(H2,30,37)/t15-,17?,19-,29-/m0/s1. The van der Waals surface area contributed by atoms with Gasteiger partial charge in [0.2, 0.25) is 5.78 Å². The third-order valence-corrected chi connectivity index (χ3v) is 8.21. The molecule has 1 amide bonds. The van der Waals surface area contributed by atoms with Crippen molar-refractivity contribution in [1.29, 1.82) is 0 Å². The van der Waals surface area contributed by atoms with Crippen molar-refractivity contribution in [1.82, 2.24) is 4.98 Å². The van der Waals surface area contributed by atoms with Crippen molar-refractivity contribution in [2.75, 3.05) is 0 Å². The molecule has 6 rings (SSSR count). The Morgan fingerprint density at radius 2 is 1.82 bits per heavy atom. The Balaban J connectivity index is 1.66. The number of phenolic OH excluding ortho intramolecular Hbond substituents is 1. The van der Waals surface area contributed by atoms with Gasteiger partial charge in [-0.15, -0.1) is 0 Å². The van der Waals surface area contributed by atoms with Crippen molar-refractivity contribution in [3.8, 4) is 5.75 Å². The van der Waals surface area contributed by atoms with Crippen molar-refractivity contribution < 1.29 is 34.8 Å². The van der Waals surface area contributed by atoms with Gasteiger partial charge < -0.3 is 26.2 Å². The van der Waals surface area contributed by atoms with Crippen LogP contribution in [0.15, 0.2) is 71.3 Å². The zero-order valence-corrected chi connectivity index (χ0v) is 20.3. The lowest BCUT2D eigenvalue weighted by molar-refractivity contribution is -0.144. The van der Waals surface area contributed by atoms with Gasteiger partial charge in [-0.05, 0) is 36.6 Å². The summed E-state index contributed by atoms with van der Waals surface area (Å²) < 4.78 is 0. The summed E-state index contributed by atoms with van der Waals surface area (Å²) in [4.78, 5) is 43.4. The van der Waals surface area contributed by atoms with Crippen LogP contribution in [0.25, 0.3) is 10.9 Å². The molecule has 1 aromatic heterocycles. The summed E-state index contributed by atoms with van der Waals surface area (Å²) in [5, 5.41) is 45.3. The number of phenols is 1. The number of fused-ring (bicyclic) bond motifs is 4. The summed E-state index contributed by atoms with van der Waals surface area (Å²) in [6, 6.07) is 12.9. The Bertz CT molecular complexity index is 1650. The maximum Gasteiger partial charge on any atom is 0.255 e. The number of amides is 1. The van der Waals surface area contributed by atoms with E-state index in [0.29, 0.717) is 10.9 Å². The number of aliphatic hydroxyl groups excluding tert-OH is 2. The van der Waals surface area contributed by atoms with E-state index in [1.165, 1.54) is 6.20 Å². The van der Waals surface area contributed by atoms with Crippen LogP contribution in [0.2, 0.25) is 0 Å². The number of carbonyl (C=O) groups is 3. The van der Waals surface area contributed by atoms with Crippen LogP contribution in [0.4, 0.5) is 0 Å². The minimum absolute atomic E-state index is 0.0350. The lowest BCUT2D eigenvalue weighted by atomic mass is 9.56. The van der Waals surface area contributed by atoms with Crippen LogP contribution in [0.5, 0.6) is 5.75 Å². The number of aryl methyl sites for hydroxylation is 1. The Morgan fingerprint density at radius 3 is 2.50 bits per heavy atom. The monoisotopic (exact) mass is 512 g/mol. The highest BCUT2D eigenvalue weighted by atomic mass is 16.3. The molecule has 2 aromatic carbocycles. The zero-order valence-electron chi connectivity index (χ0n) is 20.3. The van der Waals surface area contributed by atoms with Gasteiger partial charge in [0.05, 0.1) is 5.56 Å². The van der Waals surface area contributed by atoms with Crippen LogP contribution < -0.4 is 5.73 Å². The van der Waals surface area contributed by atoms with Gasteiger partial charge in [-0.3, -0.25) is 19.4 Å². The van der Waals surface area contributed by atoms with Crippen molar-refractivity contribution in [3.05, 3.63) is 93.6 Å². The number of nitrogens with two attached hydrogens (primary N) is 1. The highest BCUT2D eigenvalue weighted by Gasteiger charge is 2.61. The quantitative estimate of drug-likeness (QED) is 0.326. The van der Waals surface area contributed by atoms with Gasteiger partial charge in [0, 0.05) is 41.3 Å². The first-order chi connectivity index (χ1) is 18.1. The predicted octanol–water partition coefficient (Wildman–Crippen LogP) is 3.03. The number of aromatic nitrogens is 1. The van der Waals surface area contributed by atoms with E-state index in [0.717, 1.165) is 11.1 Å². The number of allylic oxidation sites excluding steroid dienone is 2. The zero-order chi connectivity index (χ0) is 27.1. The molecule has 38 heavy (non-hydrogen) atoms. The van der Waals surface area contributed by atoms with E-state index in [2.05, 4.69) is 4.98 Å². The normalized spacial score (nSPS) is 26.7. The minimum atomic E-state index is -2.63. The molecule has 1 heterocycles. The molecular formula is C29H24N2O7. The summed E-state index contributed by atoms with van der Waals surface area (Å²) in [6.07, 6.45) is 1.23. The Kier molecular flexibility index (Phi) is 5.02. The Morgan fingerprint density at radius 1 is 1.11 bits per heavy atom. The molecule has 0 bridgehead atoms. The fourth-order valence-electron chi connectivity index (χ4n) is 6.43. The third-order valence-electron chi connectivity index (χ3n) is 8.21. The van der Waals surface area contributed by atoms with Crippen LogP contribution in [0.3, 0.4) is 0 Å². The average molecular weight is 513 g/mol. The molecule has 0 saturated heterocycles. The van der Waals surface area contributed by atoms with Crippen LogP contribution >= 0.6 is 0 Å². The molecular weight excluding hydrogens is 488 g/mol. The van der Waals surface area contributed by atoms with Gasteiger partial charge in [0.1, 0.15) is 22.6 Å². The first kappa shape index (κ1) is 23.9. The van der Waals surface area contributed by atoms with E-state index in [1.807, 2.05) is 31.2 Å². The van der Waals surface area contributed by atoms with Crippen LogP contribution in [0, 0.1) is 18.8 Å². The first-order valence-electron chi connectivity index (χ1n) is 12.2. The molecule has 9 heteroatoms. The van der Waals surface area contributed by atoms with E-state index >= 15 is 0 Å². The van der Waals surface area contributed by atoms with E-state index in [4.69, 9.17) is 5.73 Å². The largest absolute Gasteiger partial charge is 0.511 e. The number of hydrogen-bond acceptors (Lipinski definition) is 8. The fraction of sp³-hybridized carbons (Fsp3) is 0.241. The number of primary amides is 1. The first-order valence-corrected chi connectivity index (χ1v) is 12.2. The molecule has 0 saturated carbocycles. The van der Waals surface area contributed by atoms with Crippen molar-refractivity contribution in [2.24, 2.45) is 17.6 Å². The second-order valence-electron chi connectivity index (χ2n) is 10.3. The van der Waals surface area contributed by atoms with Crippen LogP contribution in [-0.4, -0.2) is 48.5 Å². The summed E-state index contributed by atoms with van der Waals surface area (Å²) in [6.45, 7) is 1.93. The van der Waals surface area contributed by atoms with Crippen molar-refractivity contribution >= 4 is 28.4 Å². The van der Waals surface area contributed by atoms with Crippen molar-refractivity contribution in [3.63, 3.8) is 0 Å². The smallest absolute Gasteiger partial charge is 0.255 e. The van der Waals surface area contributed by atoms with Crippen molar-refractivity contribution in [2.45, 2.75) is 31.3 Å². The molecule has 0 fully saturated rings. The van der Waals surface area contributed by atoms with Crippen LogP contribution in [0.1, 0.15) is 45.8 Å². The summed E-state index contributed by atoms with van der Waals surface area (Å²) >= 11 is 0. The minimum Gasteiger partial charge on any atom is -0.511 e. The topological polar surface area (TPSA) is 171 Å². The predicted molar refractivity (Wildman–Crippen MR) is 135 cm³/mol. The average Bonchev–Trinajstić information content (AvgIpc) is 2.87. The Hall–Kier alpha value is -4.50. The number of ketones is 2. The number of carbonyl (C=O) groups excluding carboxylic acids is 3. The number of aromatic hydroxyl groups is 1. The summed E-state index contributed by atoms with van der Waals surface area (Å²) in [5.74, 6) is -7.31. The highest BCUT2D eigenvalue weighted by molar-refractivity contribution is 6.24.